The van der Waals surface area contributed by atoms with Crippen LogP contribution in [-0.2, 0) is 11.8 Å². The third-order valence-electron chi connectivity index (χ3n) is 5.48. The highest BCUT2D eigenvalue weighted by Crippen LogP contribution is 2.35. The van der Waals surface area contributed by atoms with Crippen LogP contribution in [0, 0.1) is 5.82 Å². The molecule has 5 rings (SSSR count). The van der Waals surface area contributed by atoms with E-state index in [2.05, 4.69) is 35.1 Å². The summed E-state index contributed by atoms with van der Waals surface area (Å²) in [7, 11) is 1.88. The summed E-state index contributed by atoms with van der Waals surface area (Å²) >= 11 is 0. The fraction of sp³-hybridized carbons (Fsp3) is 0.333. The second kappa shape index (κ2) is 8.54. The molecule has 4 aromatic rings. The standard InChI is InChI=1S/C21H23FN10O/c1-12(18-24-8-13(22)9-25-18)14-7-16(32-3-5-33-6-4-32)28-20-17(14)19(29-21(23)30-20)27-15-10-31(2)11-26-15/h7-12H,3-6H2,1-2H3,(H3,23,27,28,29,30)/t12-/m1/s1. The number of fused-ring (bicyclic) bond motifs is 1. The zero-order valence-electron chi connectivity index (χ0n) is 18.2. The fourth-order valence-electron chi connectivity index (χ4n) is 3.83. The number of nitrogens with two attached hydrogens (primary N) is 1. The van der Waals surface area contributed by atoms with Gasteiger partial charge in [0.2, 0.25) is 5.95 Å². The first-order chi connectivity index (χ1) is 16.0. The van der Waals surface area contributed by atoms with Crippen LogP contribution in [-0.4, -0.2) is 60.8 Å². The Hall–Kier alpha value is -3.93. The lowest BCUT2D eigenvalue weighted by Crippen LogP contribution is -2.36. The third-order valence-corrected chi connectivity index (χ3v) is 5.48. The van der Waals surface area contributed by atoms with E-state index in [1.807, 2.05) is 30.8 Å². The van der Waals surface area contributed by atoms with E-state index in [-0.39, 0.29) is 11.9 Å². The van der Waals surface area contributed by atoms with Crippen molar-refractivity contribution in [3.05, 3.63) is 48.2 Å². The van der Waals surface area contributed by atoms with Gasteiger partial charge in [0.1, 0.15) is 23.3 Å². The molecule has 12 heteroatoms. The van der Waals surface area contributed by atoms with Crippen molar-refractivity contribution < 1.29 is 9.13 Å². The number of imidazole rings is 1. The van der Waals surface area contributed by atoms with Gasteiger partial charge in [0.25, 0.3) is 0 Å². The Morgan fingerprint density at radius 2 is 1.88 bits per heavy atom. The number of hydrogen-bond acceptors (Lipinski definition) is 10. The minimum atomic E-state index is -0.492. The lowest BCUT2D eigenvalue weighted by atomic mass is 9.97. The van der Waals surface area contributed by atoms with Gasteiger partial charge in [-0.2, -0.15) is 9.97 Å². The van der Waals surface area contributed by atoms with Crippen LogP contribution in [0.5, 0.6) is 0 Å². The number of ether oxygens (including phenoxy) is 1. The van der Waals surface area contributed by atoms with Gasteiger partial charge >= 0.3 is 0 Å². The van der Waals surface area contributed by atoms with E-state index in [1.54, 1.807) is 6.33 Å². The normalized spacial score (nSPS) is 15.1. The topological polar surface area (TPSA) is 133 Å². The number of nitrogens with one attached hydrogen (secondary N) is 1. The van der Waals surface area contributed by atoms with Gasteiger partial charge < -0.3 is 25.3 Å². The SMILES string of the molecule is C[C@@H](c1ncc(F)cn1)c1cc(N2CCOCC2)nc2nc(N)nc(Nc3cn(C)cn3)c12. The number of nitrogen functional groups attached to an aromatic ring is 1. The van der Waals surface area contributed by atoms with Crippen LogP contribution in [0.2, 0.25) is 0 Å². The van der Waals surface area contributed by atoms with Crippen LogP contribution in [0.25, 0.3) is 11.0 Å². The third kappa shape index (κ3) is 4.24. The second-order valence-corrected chi connectivity index (χ2v) is 7.83. The zero-order chi connectivity index (χ0) is 22.9. The van der Waals surface area contributed by atoms with Gasteiger partial charge in [0.05, 0.1) is 37.3 Å². The molecule has 33 heavy (non-hydrogen) atoms. The van der Waals surface area contributed by atoms with Gasteiger partial charge in [-0.1, -0.05) is 6.92 Å². The van der Waals surface area contributed by atoms with Crippen molar-refractivity contribution in [1.82, 2.24) is 34.5 Å². The van der Waals surface area contributed by atoms with Gasteiger partial charge in [-0.05, 0) is 11.6 Å². The van der Waals surface area contributed by atoms with Crippen molar-refractivity contribution in [2.45, 2.75) is 12.8 Å². The average molecular weight is 450 g/mol. The van der Waals surface area contributed by atoms with Crippen LogP contribution in [0.1, 0.15) is 24.2 Å². The molecule has 1 atom stereocenters. The summed E-state index contributed by atoms with van der Waals surface area (Å²) < 4.78 is 20.8. The molecule has 5 heterocycles. The van der Waals surface area contributed by atoms with E-state index in [1.165, 1.54) is 0 Å². The first-order valence-corrected chi connectivity index (χ1v) is 10.5. The number of pyridine rings is 1. The molecule has 0 unspecified atom stereocenters. The van der Waals surface area contributed by atoms with Crippen LogP contribution < -0.4 is 16.0 Å². The Labute approximate surface area is 188 Å². The molecule has 0 spiro atoms. The van der Waals surface area contributed by atoms with E-state index >= 15 is 0 Å². The molecule has 1 fully saturated rings. The molecule has 11 nitrogen and oxygen atoms in total. The highest BCUT2D eigenvalue weighted by molar-refractivity contribution is 5.94. The fourth-order valence-corrected chi connectivity index (χ4v) is 3.83. The number of rotatable bonds is 5. The maximum atomic E-state index is 13.5. The van der Waals surface area contributed by atoms with Crippen LogP contribution in [0.15, 0.2) is 31.0 Å². The molecule has 0 aromatic carbocycles. The number of aryl methyl sites for hydroxylation is 1. The molecule has 1 aliphatic heterocycles. The predicted octanol–water partition coefficient (Wildman–Crippen LogP) is 2.00. The molecule has 4 aromatic heterocycles. The van der Waals surface area contributed by atoms with Crippen molar-refractivity contribution in [3.63, 3.8) is 0 Å². The van der Waals surface area contributed by atoms with Crippen molar-refractivity contribution in [2.75, 3.05) is 42.3 Å². The number of anilines is 4. The van der Waals surface area contributed by atoms with Crippen molar-refractivity contribution >= 4 is 34.4 Å². The Bertz CT molecular complexity index is 1290. The first kappa shape index (κ1) is 20.9. The molecule has 0 amide bonds. The maximum absolute atomic E-state index is 13.5. The maximum Gasteiger partial charge on any atom is 0.224 e. The Kier molecular flexibility index (Phi) is 5.42. The van der Waals surface area contributed by atoms with Gasteiger partial charge in [0.15, 0.2) is 11.5 Å². The lowest BCUT2D eigenvalue weighted by Gasteiger charge is -2.29. The van der Waals surface area contributed by atoms with Gasteiger partial charge in [-0.15, -0.1) is 0 Å². The smallest absolute Gasteiger partial charge is 0.224 e. The first-order valence-electron chi connectivity index (χ1n) is 10.5. The highest BCUT2D eigenvalue weighted by atomic mass is 19.1. The molecule has 0 radical (unpaired) electrons. The number of halogens is 1. The predicted molar refractivity (Wildman–Crippen MR) is 121 cm³/mol. The second-order valence-electron chi connectivity index (χ2n) is 7.83. The molecular formula is C21H23FN10O. The van der Waals surface area contributed by atoms with E-state index in [0.29, 0.717) is 54.8 Å². The Morgan fingerprint density at radius 1 is 1.12 bits per heavy atom. The monoisotopic (exact) mass is 450 g/mol. The summed E-state index contributed by atoms with van der Waals surface area (Å²) in [6, 6.07) is 1.98. The van der Waals surface area contributed by atoms with Crippen molar-refractivity contribution in [2.24, 2.45) is 7.05 Å². The molecule has 1 saturated heterocycles. The lowest BCUT2D eigenvalue weighted by molar-refractivity contribution is 0.122. The van der Waals surface area contributed by atoms with E-state index in [9.17, 15) is 4.39 Å². The quantitative estimate of drug-likeness (QED) is 0.465. The molecule has 1 aliphatic rings. The van der Waals surface area contributed by atoms with E-state index in [0.717, 1.165) is 23.8 Å². The van der Waals surface area contributed by atoms with Gasteiger partial charge in [-0.3, -0.25) is 0 Å². The summed E-state index contributed by atoms with van der Waals surface area (Å²) in [5.74, 6) is 1.59. The summed E-state index contributed by atoms with van der Waals surface area (Å²) in [4.78, 5) is 28.5. The molecule has 0 bridgehead atoms. The van der Waals surface area contributed by atoms with Crippen LogP contribution in [0.4, 0.5) is 27.8 Å². The molecule has 3 N–H and O–H groups in total. The number of hydrogen-bond donors (Lipinski definition) is 2. The average Bonchev–Trinajstić information content (AvgIpc) is 3.23. The minimum Gasteiger partial charge on any atom is -0.378 e. The summed E-state index contributed by atoms with van der Waals surface area (Å²) in [6.45, 7) is 4.60. The Morgan fingerprint density at radius 3 is 2.58 bits per heavy atom. The molecule has 0 saturated carbocycles. The molecule has 170 valence electrons. The highest BCUT2D eigenvalue weighted by Gasteiger charge is 2.24. The van der Waals surface area contributed by atoms with E-state index < -0.39 is 5.82 Å². The van der Waals surface area contributed by atoms with Crippen LogP contribution >= 0.6 is 0 Å². The summed E-state index contributed by atoms with van der Waals surface area (Å²) in [5.41, 5.74) is 7.32. The number of aromatic nitrogens is 7. The number of morpholine rings is 1. The minimum absolute atomic E-state index is 0.0872. The van der Waals surface area contributed by atoms with Gasteiger partial charge in [0, 0.05) is 32.3 Å². The Balaban J connectivity index is 1.69. The van der Waals surface area contributed by atoms with E-state index in [4.69, 9.17) is 15.5 Å². The zero-order valence-corrected chi connectivity index (χ0v) is 18.2. The van der Waals surface area contributed by atoms with Crippen molar-refractivity contribution in [3.8, 4) is 0 Å². The summed E-state index contributed by atoms with van der Waals surface area (Å²) in [5, 5.41) is 3.90. The number of nitrogens with zero attached hydrogens (tertiary/aromatic N) is 8. The van der Waals surface area contributed by atoms with Crippen LogP contribution in [0.3, 0.4) is 0 Å². The largest absolute Gasteiger partial charge is 0.378 e. The van der Waals surface area contributed by atoms with Crippen molar-refractivity contribution in [1.29, 1.82) is 0 Å². The summed E-state index contributed by atoms with van der Waals surface area (Å²) in [6.07, 6.45) is 5.82. The molecular weight excluding hydrogens is 427 g/mol. The molecule has 0 aliphatic carbocycles. The van der Waals surface area contributed by atoms with Gasteiger partial charge in [-0.25, -0.2) is 24.3 Å².